The SMILES string of the molecule is CC(C)(CCN=O)OCC1CO1. The number of hydrogen-bond acceptors (Lipinski definition) is 4. The molecule has 1 fully saturated rings. The van der Waals surface area contributed by atoms with Crippen LogP contribution in [0.15, 0.2) is 5.18 Å². The number of nitroso groups, excluding NO2 is 1. The molecule has 0 aromatic rings. The van der Waals surface area contributed by atoms with E-state index in [-0.39, 0.29) is 11.7 Å². The van der Waals surface area contributed by atoms with Gasteiger partial charge in [-0.1, -0.05) is 5.18 Å². The quantitative estimate of drug-likeness (QED) is 0.450. The van der Waals surface area contributed by atoms with Crippen LogP contribution in [0.2, 0.25) is 0 Å². The Morgan fingerprint density at radius 2 is 2.33 bits per heavy atom. The topological polar surface area (TPSA) is 51.2 Å². The number of hydrogen-bond donors (Lipinski definition) is 0. The maximum atomic E-state index is 9.87. The van der Waals surface area contributed by atoms with E-state index in [0.717, 1.165) is 6.61 Å². The second-order valence-electron chi connectivity index (χ2n) is 3.63. The summed E-state index contributed by atoms with van der Waals surface area (Å²) in [6, 6.07) is 0. The van der Waals surface area contributed by atoms with Crippen LogP contribution >= 0.6 is 0 Å². The number of epoxide rings is 1. The molecule has 0 bridgehead atoms. The van der Waals surface area contributed by atoms with Crippen molar-refractivity contribution >= 4 is 0 Å². The molecule has 4 nitrogen and oxygen atoms in total. The second kappa shape index (κ2) is 3.96. The molecule has 4 heteroatoms. The van der Waals surface area contributed by atoms with Crippen LogP contribution in [0.5, 0.6) is 0 Å². The van der Waals surface area contributed by atoms with E-state index in [1.165, 1.54) is 0 Å². The zero-order valence-corrected chi connectivity index (χ0v) is 7.58. The summed E-state index contributed by atoms with van der Waals surface area (Å²) < 4.78 is 10.5. The summed E-state index contributed by atoms with van der Waals surface area (Å²) in [7, 11) is 0. The van der Waals surface area contributed by atoms with E-state index < -0.39 is 0 Å². The minimum absolute atomic E-state index is 0.250. The Balaban J connectivity index is 2.11. The molecule has 70 valence electrons. The van der Waals surface area contributed by atoms with Gasteiger partial charge in [0.15, 0.2) is 0 Å². The average molecular weight is 173 g/mol. The molecule has 1 saturated heterocycles. The molecule has 0 amide bonds. The van der Waals surface area contributed by atoms with Gasteiger partial charge in [-0.15, -0.1) is 0 Å². The van der Waals surface area contributed by atoms with Gasteiger partial charge < -0.3 is 9.47 Å². The Morgan fingerprint density at radius 1 is 1.67 bits per heavy atom. The van der Waals surface area contributed by atoms with E-state index in [2.05, 4.69) is 5.18 Å². The smallest absolute Gasteiger partial charge is 0.104 e. The molecule has 1 aliphatic heterocycles. The molecule has 12 heavy (non-hydrogen) atoms. The molecule has 1 unspecified atom stereocenters. The molecule has 0 aromatic heterocycles. The predicted octanol–water partition coefficient (Wildman–Crippen LogP) is 1.34. The van der Waals surface area contributed by atoms with Gasteiger partial charge in [-0.05, 0) is 20.3 Å². The van der Waals surface area contributed by atoms with Crippen LogP contribution in [0.3, 0.4) is 0 Å². The highest BCUT2D eigenvalue weighted by atomic mass is 16.6. The fourth-order valence-corrected chi connectivity index (χ4v) is 0.870. The van der Waals surface area contributed by atoms with Crippen LogP contribution in [0.4, 0.5) is 0 Å². The fourth-order valence-electron chi connectivity index (χ4n) is 0.870. The highest BCUT2D eigenvalue weighted by molar-refractivity contribution is 4.74. The lowest BCUT2D eigenvalue weighted by molar-refractivity contribution is -0.0281. The monoisotopic (exact) mass is 173 g/mol. The summed E-state index contributed by atoms with van der Waals surface area (Å²) in [6.07, 6.45) is 0.955. The van der Waals surface area contributed by atoms with Crippen molar-refractivity contribution in [3.05, 3.63) is 4.91 Å². The van der Waals surface area contributed by atoms with E-state index >= 15 is 0 Å². The maximum Gasteiger partial charge on any atom is 0.104 e. The third-order valence-corrected chi connectivity index (χ3v) is 1.87. The van der Waals surface area contributed by atoms with Crippen LogP contribution in [-0.4, -0.2) is 31.5 Å². The zero-order valence-electron chi connectivity index (χ0n) is 7.58. The first-order valence-corrected chi connectivity index (χ1v) is 4.19. The van der Waals surface area contributed by atoms with Crippen molar-refractivity contribution < 1.29 is 9.47 Å². The van der Waals surface area contributed by atoms with Gasteiger partial charge in [0.1, 0.15) is 6.10 Å². The normalized spacial score (nSPS) is 22.3. The lowest BCUT2D eigenvalue weighted by atomic mass is 10.1. The molecular weight excluding hydrogens is 158 g/mol. The third-order valence-electron chi connectivity index (χ3n) is 1.87. The first kappa shape index (κ1) is 9.61. The van der Waals surface area contributed by atoms with Crippen molar-refractivity contribution in [1.82, 2.24) is 0 Å². The zero-order chi connectivity index (χ0) is 9.03. The van der Waals surface area contributed by atoms with Gasteiger partial charge >= 0.3 is 0 Å². The molecule has 0 N–H and O–H groups in total. The lowest BCUT2D eigenvalue weighted by Crippen LogP contribution is -2.27. The lowest BCUT2D eigenvalue weighted by Gasteiger charge is -2.23. The molecule has 0 aromatic carbocycles. The summed E-state index contributed by atoms with van der Waals surface area (Å²) in [4.78, 5) is 9.87. The van der Waals surface area contributed by atoms with Gasteiger partial charge in [0.2, 0.25) is 0 Å². The van der Waals surface area contributed by atoms with Crippen molar-refractivity contribution in [2.75, 3.05) is 19.8 Å². The molecule has 1 heterocycles. The number of ether oxygens (including phenoxy) is 2. The highest BCUT2D eigenvalue weighted by Gasteiger charge is 2.27. The van der Waals surface area contributed by atoms with Crippen molar-refractivity contribution in [1.29, 1.82) is 0 Å². The molecule has 0 saturated carbocycles. The first-order chi connectivity index (χ1) is 5.64. The Kier molecular flexibility index (Phi) is 3.17. The van der Waals surface area contributed by atoms with E-state index in [1.807, 2.05) is 13.8 Å². The minimum atomic E-state index is -0.250. The van der Waals surface area contributed by atoms with Crippen LogP contribution in [0.1, 0.15) is 20.3 Å². The van der Waals surface area contributed by atoms with Crippen molar-refractivity contribution in [2.45, 2.75) is 32.0 Å². The Bertz CT molecular complexity index is 154. The molecule has 0 aliphatic carbocycles. The molecule has 1 aliphatic rings. The summed E-state index contributed by atoms with van der Waals surface area (Å²) in [5, 5.41) is 2.80. The van der Waals surface area contributed by atoms with Crippen LogP contribution in [0.25, 0.3) is 0 Å². The van der Waals surface area contributed by atoms with Crippen molar-refractivity contribution in [3.63, 3.8) is 0 Å². The average Bonchev–Trinajstić information content (AvgIpc) is 2.81. The van der Waals surface area contributed by atoms with Gasteiger partial charge in [-0.3, -0.25) is 0 Å². The Hall–Kier alpha value is -0.480. The maximum absolute atomic E-state index is 9.87. The summed E-state index contributed by atoms with van der Waals surface area (Å²) in [6.45, 7) is 5.67. The summed E-state index contributed by atoms with van der Waals surface area (Å²) in [5.74, 6) is 0. The highest BCUT2D eigenvalue weighted by Crippen LogP contribution is 2.18. The fraction of sp³-hybridized carbons (Fsp3) is 1.00. The van der Waals surface area contributed by atoms with Gasteiger partial charge in [-0.2, -0.15) is 4.91 Å². The number of rotatable bonds is 6. The molecule has 0 radical (unpaired) electrons. The van der Waals surface area contributed by atoms with E-state index in [0.29, 0.717) is 19.6 Å². The van der Waals surface area contributed by atoms with Gasteiger partial charge in [-0.25, -0.2) is 0 Å². The predicted molar refractivity (Wildman–Crippen MR) is 45.1 cm³/mol. The molecule has 1 rings (SSSR count). The van der Waals surface area contributed by atoms with Crippen LogP contribution in [0, 0.1) is 4.91 Å². The van der Waals surface area contributed by atoms with Crippen molar-refractivity contribution in [2.24, 2.45) is 5.18 Å². The summed E-state index contributed by atoms with van der Waals surface area (Å²) >= 11 is 0. The van der Waals surface area contributed by atoms with E-state index in [4.69, 9.17) is 9.47 Å². The third kappa shape index (κ3) is 3.78. The molecule has 0 spiro atoms. The van der Waals surface area contributed by atoms with E-state index in [9.17, 15) is 4.91 Å². The van der Waals surface area contributed by atoms with Gasteiger partial charge in [0, 0.05) is 0 Å². The molecular formula is C8H15NO3. The Morgan fingerprint density at radius 3 is 2.83 bits per heavy atom. The van der Waals surface area contributed by atoms with Crippen LogP contribution in [-0.2, 0) is 9.47 Å². The number of nitrogens with zero attached hydrogens (tertiary/aromatic N) is 1. The molecule has 1 atom stereocenters. The largest absolute Gasteiger partial charge is 0.373 e. The Labute approximate surface area is 72.2 Å². The standard InChI is InChI=1S/C8H15NO3/c1-8(2,3-4-9-10)12-6-7-5-11-7/h7H,3-6H2,1-2H3. The van der Waals surface area contributed by atoms with Gasteiger partial charge in [0.25, 0.3) is 0 Å². The first-order valence-electron chi connectivity index (χ1n) is 4.19. The second-order valence-corrected chi connectivity index (χ2v) is 3.63. The minimum Gasteiger partial charge on any atom is -0.373 e. The van der Waals surface area contributed by atoms with Crippen molar-refractivity contribution in [3.8, 4) is 0 Å². The van der Waals surface area contributed by atoms with Gasteiger partial charge in [0.05, 0.1) is 25.4 Å². The van der Waals surface area contributed by atoms with E-state index in [1.54, 1.807) is 0 Å². The summed E-state index contributed by atoms with van der Waals surface area (Å²) in [5.41, 5.74) is -0.250. The van der Waals surface area contributed by atoms with Crippen LogP contribution < -0.4 is 0 Å².